The Bertz CT molecular complexity index is 740. The molecule has 0 aliphatic carbocycles. The number of fused-ring (bicyclic) bond motifs is 1. The smallest absolute Gasteiger partial charge is 0.223 e. The van der Waals surface area contributed by atoms with Crippen LogP contribution >= 0.6 is 0 Å². The van der Waals surface area contributed by atoms with Crippen molar-refractivity contribution in [2.75, 3.05) is 19.5 Å². The molecule has 5 nitrogen and oxygen atoms in total. The van der Waals surface area contributed by atoms with Gasteiger partial charge in [-0.2, -0.15) is 0 Å². The lowest BCUT2D eigenvalue weighted by Gasteiger charge is -2.08. The van der Waals surface area contributed by atoms with Gasteiger partial charge >= 0.3 is 0 Å². The Morgan fingerprint density at radius 2 is 1.90 bits per heavy atom. The van der Waals surface area contributed by atoms with E-state index in [1.165, 1.54) is 0 Å². The van der Waals surface area contributed by atoms with E-state index < -0.39 is 0 Å². The van der Waals surface area contributed by atoms with Crippen LogP contribution in [0.3, 0.4) is 0 Å². The summed E-state index contributed by atoms with van der Waals surface area (Å²) in [5.74, 6) is 1.27. The number of ether oxygens (including phenoxy) is 1. The number of hydrogen-bond donors (Lipinski definition) is 1. The maximum Gasteiger partial charge on any atom is 0.223 e. The van der Waals surface area contributed by atoms with Gasteiger partial charge in [0.1, 0.15) is 5.82 Å². The first-order chi connectivity index (χ1) is 9.81. The number of hydrogen-bond acceptors (Lipinski definition) is 5. The van der Waals surface area contributed by atoms with Crippen molar-refractivity contribution < 1.29 is 4.74 Å². The lowest BCUT2D eigenvalue weighted by molar-refractivity contribution is 0.401. The number of aromatic nitrogens is 3. The number of rotatable bonds is 3. The highest BCUT2D eigenvalue weighted by Gasteiger charge is 2.11. The Morgan fingerprint density at radius 1 is 1.05 bits per heavy atom. The maximum atomic E-state index is 5.37. The van der Waals surface area contributed by atoms with Crippen LogP contribution in [0, 0.1) is 0 Å². The van der Waals surface area contributed by atoms with Gasteiger partial charge < -0.3 is 10.1 Å². The van der Waals surface area contributed by atoms with Crippen LogP contribution in [0.2, 0.25) is 0 Å². The second kappa shape index (κ2) is 5.13. The van der Waals surface area contributed by atoms with E-state index in [0.717, 1.165) is 28.0 Å². The Hall–Kier alpha value is -2.69. The van der Waals surface area contributed by atoms with Gasteiger partial charge in [-0.1, -0.05) is 18.2 Å². The standard InChI is InChI=1S/C15H14N4O/c1-16-14-8-7-13(18-19-14)11-9-10-5-3-4-6-12(10)17-15(11)20-2/h3-9H,1-2H3,(H,16,19). The highest BCUT2D eigenvalue weighted by atomic mass is 16.5. The molecule has 1 aromatic carbocycles. The fourth-order valence-corrected chi connectivity index (χ4v) is 2.05. The molecule has 2 heterocycles. The molecule has 0 spiro atoms. The summed E-state index contributed by atoms with van der Waals surface area (Å²) in [4.78, 5) is 4.51. The molecule has 3 rings (SSSR count). The quantitative estimate of drug-likeness (QED) is 0.789. The molecule has 0 aliphatic heterocycles. The molecule has 2 aromatic heterocycles. The first-order valence-corrected chi connectivity index (χ1v) is 6.27. The minimum atomic E-state index is 0.551. The Kier molecular flexibility index (Phi) is 3.16. The summed E-state index contributed by atoms with van der Waals surface area (Å²) in [5.41, 5.74) is 2.47. The fourth-order valence-electron chi connectivity index (χ4n) is 2.05. The Balaban J connectivity index is 2.17. The van der Waals surface area contributed by atoms with Crippen LogP contribution in [0.1, 0.15) is 0 Å². The Morgan fingerprint density at radius 3 is 2.60 bits per heavy atom. The van der Waals surface area contributed by atoms with Crippen molar-refractivity contribution in [2.45, 2.75) is 0 Å². The first-order valence-electron chi connectivity index (χ1n) is 6.27. The van der Waals surface area contributed by atoms with Crippen molar-refractivity contribution in [2.24, 2.45) is 0 Å². The largest absolute Gasteiger partial charge is 0.480 e. The van der Waals surface area contributed by atoms with Crippen molar-refractivity contribution in [3.63, 3.8) is 0 Å². The summed E-state index contributed by atoms with van der Waals surface area (Å²) in [6, 6.07) is 13.7. The summed E-state index contributed by atoms with van der Waals surface area (Å²) in [5, 5.41) is 12.3. The van der Waals surface area contributed by atoms with Gasteiger partial charge in [-0.3, -0.25) is 0 Å². The Labute approximate surface area is 116 Å². The molecule has 0 aliphatic rings. The molecular weight excluding hydrogens is 252 g/mol. The molecule has 3 aromatic rings. The predicted octanol–water partition coefficient (Wildman–Crippen LogP) is 2.74. The van der Waals surface area contributed by atoms with Gasteiger partial charge in [0, 0.05) is 12.4 Å². The zero-order valence-electron chi connectivity index (χ0n) is 11.3. The average Bonchev–Trinajstić information content (AvgIpc) is 2.53. The molecular formula is C15H14N4O. The normalized spacial score (nSPS) is 10.5. The number of nitrogens with zero attached hydrogens (tertiary/aromatic N) is 3. The molecule has 100 valence electrons. The van der Waals surface area contributed by atoms with Crippen LogP contribution in [0.25, 0.3) is 22.2 Å². The maximum absolute atomic E-state index is 5.37. The summed E-state index contributed by atoms with van der Waals surface area (Å²) in [6.45, 7) is 0. The fraction of sp³-hybridized carbons (Fsp3) is 0.133. The van der Waals surface area contributed by atoms with Gasteiger partial charge in [-0.25, -0.2) is 4.98 Å². The summed E-state index contributed by atoms with van der Waals surface area (Å²) >= 11 is 0. The van der Waals surface area contributed by atoms with Crippen LogP contribution in [-0.4, -0.2) is 29.3 Å². The topological polar surface area (TPSA) is 59.9 Å². The molecule has 0 atom stereocenters. The van der Waals surface area contributed by atoms with Crippen LogP contribution in [0.5, 0.6) is 5.88 Å². The van der Waals surface area contributed by atoms with E-state index in [0.29, 0.717) is 5.88 Å². The van der Waals surface area contributed by atoms with Gasteiger partial charge in [0.2, 0.25) is 5.88 Å². The third-order valence-corrected chi connectivity index (χ3v) is 3.08. The predicted molar refractivity (Wildman–Crippen MR) is 78.9 cm³/mol. The van der Waals surface area contributed by atoms with Gasteiger partial charge in [0.05, 0.1) is 23.9 Å². The lowest BCUT2D eigenvalue weighted by Crippen LogP contribution is -1.98. The van der Waals surface area contributed by atoms with Crippen molar-refractivity contribution in [1.82, 2.24) is 15.2 Å². The minimum absolute atomic E-state index is 0.551. The molecule has 0 radical (unpaired) electrons. The van der Waals surface area contributed by atoms with E-state index in [9.17, 15) is 0 Å². The molecule has 0 bridgehead atoms. The number of para-hydroxylation sites is 1. The van der Waals surface area contributed by atoms with E-state index in [4.69, 9.17) is 4.74 Å². The minimum Gasteiger partial charge on any atom is -0.480 e. The van der Waals surface area contributed by atoms with Gasteiger partial charge in [-0.15, -0.1) is 10.2 Å². The van der Waals surface area contributed by atoms with Crippen molar-refractivity contribution in [3.05, 3.63) is 42.5 Å². The van der Waals surface area contributed by atoms with E-state index in [-0.39, 0.29) is 0 Å². The average molecular weight is 266 g/mol. The summed E-state index contributed by atoms with van der Waals surface area (Å²) in [6.07, 6.45) is 0. The number of nitrogens with one attached hydrogen (secondary N) is 1. The highest BCUT2D eigenvalue weighted by Crippen LogP contribution is 2.30. The second-order valence-electron chi connectivity index (χ2n) is 4.29. The molecule has 1 N–H and O–H groups in total. The third kappa shape index (κ3) is 2.14. The van der Waals surface area contributed by atoms with E-state index in [1.54, 1.807) is 7.11 Å². The lowest BCUT2D eigenvalue weighted by atomic mass is 10.1. The monoisotopic (exact) mass is 266 g/mol. The van der Waals surface area contributed by atoms with E-state index >= 15 is 0 Å². The molecule has 0 amide bonds. The van der Waals surface area contributed by atoms with Gasteiger partial charge in [-0.05, 0) is 24.3 Å². The zero-order chi connectivity index (χ0) is 13.9. The number of benzene rings is 1. The molecule has 5 heteroatoms. The van der Waals surface area contributed by atoms with Crippen molar-refractivity contribution in [3.8, 4) is 17.1 Å². The summed E-state index contributed by atoms with van der Waals surface area (Å²) in [7, 11) is 3.41. The zero-order valence-corrected chi connectivity index (χ0v) is 11.3. The van der Waals surface area contributed by atoms with Gasteiger partial charge in [0.25, 0.3) is 0 Å². The second-order valence-corrected chi connectivity index (χ2v) is 4.29. The number of pyridine rings is 1. The number of anilines is 1. The highest BCUT2D eigenvalue weighted by molar-refractivity contribution is 5.85. The first kappa shape index (κ1) is 12.3. The molecule has 0 saturated heterocycles. The van der Waals surface area contributed by atoms with E-state index in [2.05, 4.69) is 20.5 Å². The molecule has 0 saturated carbocycles. The van der Waals surface area contributed by atoms with Crippen molar-refractivity contribution >= 4 is 16.7 Å². The number of methoxy groups -OCH3 is 1. The summed E-state index contributed by atoms with van der Waals surface area (Å²) < 4.78 is 5.37. The van der Waals surface area contributed by atoms with Crippen LogP contribution in [0.15, 0.2) is 42.5 Å². The third-order valence-electron chi connectivity index (χ3n) is 3.08. The van der Waals surface area contributed by atoms with Crippen LogP contribution in [0.4, 0.5) is 5.82 Å². The van der Waals surface area contributed by atoms with Crippen molar-refractivity contribution in [1.29, 1.82) is 0 Å². The molecule has 0 unspecified atom stereocenters. The SMILES string of the molecule is CNc1ccc(-c2cc3ccccc3nc2OC)nn1. The molecule has 0 fully saturated rings. The van der Waals surface area contributed by atoms with Crippen LogP contribution in [-0.2, 0) is 0 Å². The van der Waals surface area contributed by atoms with Crippen LogP contribution < -0.4 is 10.1 Å². The molecule has 20 heavy (non-hydrogen) atoms. The van der Waals surface area contributed by atoms with Gasteiger partial charge in [0.15, 0.2) is 0 Å². The van der Waals surface area contributed by atoms with E-state index in [1.807, 2.05) is 49.5 Å².